The molecule has 1 aromatic carbocycles. The first-order chi connectivity index (χ1) is 10.1. The van der Waals surface area contributed by atoms with E-state index in [1.807, 2.05) is 0 Å². The van der Waals surface area contributed by atoms with Crippen LogP contribution in [0.5, 0.6) is 0 Å². The zero-order valence-electron chi connectivity index (χ0n) is 11.2. The van der Waals surface area contributed by atoms with Gasteiger partial charge in [-0.15, -0.1) is 0 Å². The van der Waals surface area contributed by atoms with E-state index in [0.717, 1.165) is 31.1 Å². The highest BCUT2D eigenvalue weighted by molar-refractivity contribution is 8.18. The molecular formula is C14H13N3O3S. The molecule has 2 aliphatic heterocycles. The van der Waals surface area contributed by atoms with E-state index in [0.29, 0.717) is 10.5 Å². The highest BCUT2D eigenvalue weighted by atomic mass is 32.2. The maximum absolute atomic E-state index is 11.9. The second-order valence-electron chi connectivity index (χ2n) is 4.86. The molecule has 1 aromatic rings. The summed E-state index contributed by atoms with van der Waals surface area (Å²) < 4.78 is 0. The number of nitro groups is 1. The van der Waals surface area contributed by atoms with Crippen LogP contribution in [0.25, 0.3) is 6.08 Å². The van der Waals surface area contributed by atoms with E-state index in [1.165, 1.54) is 23.9 Å². The number of likely N-dealkylation sites (tertiary alicyclic amines) is 1. The van der Waals surface area contributed by atoms with E-state index < -0.39 is 4.92 Å². The molecule has 21 heavy (non-hydrogen) atoms. The summed E-state index contributed by atoms with van der Waals surface area (Å²) in [5, 5.41) is 11.5. The average molecular weight is 303 g/mol. The van der Waals surface area contributed by atoms with Crippen molar-refractivity contribution in [1.29, 1.82) is 0 Å². The third-order valence-electron chi connectivity index (χ3n) is 3.36. The number of aliphatic imine (C=N–C) groups is 1. The molecule has 0 N–H and O–H groups in total. The van der Waals surface area contributed by atoms with Gasteiger partial charge in [0, 0.05) is 25.2 Å². The van der Waals surface area contributed by atoms with Crippen LogP contribution in [0, 0.1) is 10.1 Å². The van der Waals surface area contributed by atoms with Crippen molar-refractivity contribution in [2.24, 2.45) is 4.99 Å². The van der Waals surface area contributed by atoms with Crippen molar-refractivity contribution in [2.75, 3.05) is 13.1 Å². The summed E-state index contributed by atoms with van der Waals surface area (Å²) in [6.07, 6.45) is 3.90. The molecule has 0 saturated carbocycles. The van der Waals surface area contributed by atoms with E-state index in [9.17, 15) is 14.9 Å². The maximum Gasteiger partial charge on any atom is 0.286 e. The fourth-order valence-corrected chi connectivity index (χ4v) is 3.29. The maximum atomic E-state index is 11.9. The third kappa shape index (κ3) is 2.97. The summed E-state index contributed by atoms with van der Waals surface area (Å²) in [6, 6.07) is 6.23. The van der Waals surface area contributed by atoms with Gasteiger partial charge in [-0.05, 0) is 36.2 Å². The molecule has 0 aromatic heterocycles. The second-order valence-corrected chi connectivity index (χ2v) is 5.87. The fourth-order valence-electron chi connectivity index (χ4n) is 2.32. The van der Waals surface area contributed by atoms with Gasteiger partial charge >= 0.3 is 0 Å². The number of non-ortho nitro benzene ring substituents is 1. The average Bonchev–Trinajstić information content (AvgIpc) is 3.10. The van der Waals surface area contributed by atoms with Gasteiger partial charge in [0.25, 0.3) is 11.6 Å². The molecule has 0 spiro atoms. The number of amidine groups is 1. The molecule has 1 fully saturated rings. The Balaban J connectivity index is 1.80. The zero-order chi connectivity index (χ0) is 14.8. The molecule has 2 aliphatic rings. The summed E-state index contributed by atoms with van der Waals surface area (Å²) >= 11 is 1.34. The molecule has 6 nitrogen and oxygen atoms in total. The van der Waals surface area contributed by atoms with E-state index in [-0.39, 0.29) is 11.6 Å². The van der Waals surface area contributed by atoms with Gasteiger partial charge < -0.3 is 4.90 Å². The summed E-state index contributed by atoms with van der Waals surface area (Å²) in [5.74, 6) is -0.270. The van der Waals surface area contributed by atoms with Crippen molar-refractivity contribution in [3.8, 4) is 0 Å². The van der Waals surface area contributed by atoms with Crippen molar-refractivity contribution in [1.82, 2.24) is 4.90 Å². The topological polar surface area (TPSA) is 75.8 Å². The predicted molar refractivity (Wildman–Crippen MR) is 81.9 cm³/mol. The van der Waals surface area contributed by atoms with Crippen LogP contribution in [0.3, 0.4) is 0 Å². The van der Waals surface area contributed by atoms with Gasteiger partial charge in [0.1, 0.15) is 0 Å². The van der Waals surface area contributed by atoms with Crippen LogP contribution in [0.2, 0.25) is 0 Å². The molecule has 7 heteroatoms. The van der Waals surface area contributed by atoms with E-state index in [1.54, 1.807) is 18.2 Å². The molecule has 0 aliphatic carbocycles. The quantitative estimate of drug-likeness (QED) is 0.477. The number of carbonyl (C=O) groups excluding carboxylic acids is 1. The fraction of sp³-hybridized carbons (Fsp3) is 0.286. The molecule has 108 valence electrons. The molecule has 2 heterocycles. The Hall–Kier alpha value is -2.15. The number of amides is 1. The highest BCUT2D eigenvalue weighted by Gasteiger charge is 2.27. The van der Waals surface area contributed by atoms with Crippen LogP contribution in [0.4, 0.5) is 5.69 Å². The first kappa shape index (κ1) is 13.8. The number of nitro benzene ring substituents is 1. The molecule has 1 amide bonds. The monoisotopic (exact) mass is 303 g/mol. The van der Waals surface area contributed by atoms with Crippen molar-refractivity contribution < 1.29 is 9.72 Å². The number of benzene rings is 1. The Labute approximate surface area is 125 Å². The van der Waals surface area contributed by atoms with Crippen LogP contribution in [-0.4, -0.2) is 34.0 Å². The molecule has 0 atom stereocenters. The Morgan fingerprint density at radius 1 is 1.33 bits per heavy atom. The summed E-state index contributed by atoms with van der Waals surface area (Å²) in [6.45, 7) is 1.87. The second kappa shape index (κ2) is 5.69. The first-order valence-corrected chi connectivity index (χ1v) is 7.47. The normalized spacial score (nSPS) is 20.2. The molecule has 0 radical (unpaired) electrons. The molecular weight excluding hydrogens is 290 g/mol. The summed E-state index contributed by atoms with van der Waals surface area (Å²) in [7, 11) is 0. The zero-order valence-corrected chi connectivity index (χ0v) is 12.0. The van der Waals surface area contributed by atoms with Gasteiger partial charge in [-0.3, -0.25) is 14.9 Å². The summed E-state index contributed by atoms with van der Waals surface area (Å²) in [4.78, 5) is 28.9. The SMILES string of the molecule is O=C1N=C(N2CCCC2)S/C1=C\c1cccc([N+](=O)[O-])c1. The predicted octanol–water partition coefficient (Wildman–Crippen LogP) is 2.66. The molecule has 0 bridgehead atoms. The first-order valence-electron chi connectivity index (χ1n) is 6.65. The van der Waals surface area contributed by atoms with Gasteiger partial charge in [-0.2, -0.15) is 4.99 Å². The number of carbonyl (C=O) groups is 1. The molecule has 3 rings (SSSR count). The van der Waals surface area contributed by atoms with Crippen molar-refractivity contribution in [3.63, 3.8) is 0 Å². The Morgan fingerprint density at radius 2 is 2.10 bits per heavy atom. The Kier molecular flexibility index (Phi) is 3.74. The Bertz CT molecular complexity index is 663. The lowest BCUT2D eigenvalue weighted by Gasteiger charge is -2.14. The van der Waals surface area contributed by atoms with E-state index in [2.05, 4.69) is 9.89 Å². The highest BCUT2D eigenvalue weighted by Crippen LogP contribution is 2.32. The number of rotatable bonds is 2. The van der Waals surface area contributed by atoms with E-state index in [4.69, 9.17) is 0 Å². The van der Waals surface area contributed by atoms with E-state index >= 15 is 0 Å². The molecule has 1 saturated heterocycles. The van der Waals surface area contributed by atoms with Crippen LogP contribution < -0.4 is 0 Å². The minimum atomic E-state index is -0.447. The number of thioether (sulfide) groups is 1. The Morgan fingerprint density at radius 3 is 2.81 bits per heavy atom. The largest absolute Gasteiger partial charge is 0.351 e. The number of hydrogen-bond donors (Lipinski definition) is 0. The number of hydrogen-bond acceptors (Lipinski definition) is 5. The lowest BCUT2D eigenvalue weighted by atomic mass is 10.2. The van der Waals surface area contributed by atoms with Crippen molar-refractivity contribution in [2.45, 2.75) is 12.8 Å². The van der Waals surface area contributed by atoms with Crippen molar-refractivity contribution >= 4 is 34.6 Å². The van der Waals surface area contributed by atoms with Gasteiger partial charge in [0.2, 0.25) is 0 Å². The van der Waals surface area contributed by atoms with Gasteiger partial charge in [-0.1, -0.05) is 12.1 Å². The van der Waals surface area contributed by atoms with Crippen LogP contribution in [-0.2, 0) is 4.79 Å². The van der Waals surface area contributed by atoms with Gasteiger partial charge in [0.15, 0.2) is 5.17 Å². The minimum Gasteiger partial charge on any atom is -0.351 e. The minimum absolute atomic E-state index is 0.0143. The van der Waals surface area contributed by atoms with Crippen LogP contribution >= 0.6 is 11.8 Å². The smallest absolute Gasteiger partial charge is 0.286 e. The summed E-state index contributed by atoms with van der Waals surface area (Å²) in [5.41, 5.74) is 0.651. The lowest BCUT2D eigenvalue weighted by Crippen LogP contribution is -2.23. The standard InChI is InChI=1S/C14H13N3O3S/c18-13-12(21-14(15-13)16-6-1-2-7-16)9-10-4-3-5-11(8-10)17(19)20/h3-5,8-9H,1-2,6-7H2/b12-9-. The van der Waals surface area contributed by atoms with Gasteiger partial charge in [-0.25, -0.2) is 0 Å². The van der Waals surface area contributed by atoms with Gasteiger partial charge in [0.05, 0.1) is 9.83 Å². The lowest BCUT2D eigenvalue weighted by molar-refractivity contribution is -0.384. The van der Waals surface area contributed by atoms with Crippen LogP contribution in [0.15, 0.2) is 34.2 Å². The third-order valence-corrected chi connectivity index (χ3v) is 4.41. The van der Waals surface area contributed by atoms with Crippen LogP contribution in [0.1, 0.15) is 18.4 Å². The number of nitrogens with zero attached hydrogens (tertiary/aromatic N) is 3. The molecule has 0 unspecified atom stereocenters. The van der Waals surface area contributed by atoms with Crippen molar-refractivity contribution in [3.05, 3.63) is 44.8 Å².